The topological polar surface area (TPSA) is 65.8 Å². The van der Waals surface area contributed by atoms with E-state index in [4.69, 9.17) is 5.53 Å². The van der Waals surface area contributed by atoms with Gasteiger partial charge in [0.15, 0.2) is 0 Å². The summed E-state index contributed by atoms with van der Waals surface area (Å²) in [6.07, 6.45) is 2.41. The van der Waals surface area contributed by atoms with E-state index < -0.39 is 0 Å². The molecule has 0 saturated heterocycles. The number of carbonyl (C=O) groups excluding carboxylic acids is 1. The lowest BCUT2D eigenvalue weighted by Crippen LogP contribution is -2.19. The maximum atomic E-state index is 11.1. The van der Waals surface area contributed by atoms with Gasteiger partial charge in [-0.25, -0.2) is 0 Å². The number of azide groups is 1. The molecule has 0 heterocycles. The fourth-order valence-corrected chi connectivity index (χ4v) is 2.22. The van der Waals surface area contributed by atoms with Crippen molar-refractivity contribution in [2.24, 2.45) is 17.0 Å². The maximum Gasteiger partial charge on any atom is 0.136 e. The van der Waals surface area contributed by atoms with Crippen molar-refractivity contribution in [3.05, 3.63) is 10.4 Å². The SMILES string of the molecule is [N-]=[N+]=N[C@H]1C[C@H]2C[C@@H]1CC2=O. The van der Waals surface area contributed by atoms with E-state index in [1.807, 2.05) is 0 Å². The lowest BCUT2D eigenvalue weighted by molar-refractivity contribution is -0.121. The number of carbonyl (C=O) groups is 1. The van der Waals surface area contributed by atoms with Gasteiger partial charge in [-0.15, -0.1) is 0 Å². The van der Waals surface area contributed by atoms with Crippen LogP contribution in [0.5, 0.6) is 0 Å². The van der Waals surface area contributed by atoms with Gasteiger partial charge in [0.1, 0.15) is 5.78 Å². The van der Waals surface area contributed by atoms with Crippen molar-refractivity contribution in [1.82, 2.24) is 0 Å². The van der Waals surface area contributed by atoms with E-state index in [2.05, 4.69) is 10.0 Å². The average molecular weight is 151 g/mol. The molecular formula is C7H9N3O. The number of hydrogen-bond donors (Lipinski definition) is 0. The van der Waals surface area contributed by atoms with Crippen LogP contribution in [0, 0.1) is 11.8 Å². The Kier molecular flexibility index (Phi) is 1.36. The second kappa shape index (κ2) is 2.24. The molecule has 2 aliphatic carbocycles. The highest BCUT2D eigenvalue weighted by molar-refractivity contribution is 5.84. The molecule has 11 heavy (non-hydrogen) atoms. The molecule has 0 aromatic rings. The summed E-state index contributed by atoms with van der Waals surface area (Å²) in [6.45, 7) is 0. The van der Waals surface area contributed by atoms with Gasteiger partial charge in [0, 0.05) is 23.3 Å². The molecule has 2 fully saturated rings. The van der Waals surface area contributed by atoms with Gasteiger partial charge in [0.2, 0.25) is 0 Å². The predicted octanol–water partition coefficient (Wildman–Crippen LogP) is 1.66. The Morgan fingerprint density at radius 3 is 2.82 bits per heavy atom. The lowest BCUT2D eigenvalue weighted by atomic mass is 9.95. The van der Waals surface area contributed by atoms with Gasteiger partial charge >= 0.3 is 0 Å². The lowest BCUT2D eigenvalue weighted by Gasteiger charge is -2.14. The zero-order valence-electron chi connectivity index (χ0n) is 6.10. The van der Waals surface area contributed by atoms with E-state index in [0.717, 1.165) is 12.8 Å². The minimum absolute atomic E-state index is 0.114. The summed E-state index contributed by atoms with van der Waals surface area (Å²) < 4.78 is 0. The third-order valence-corrected chi connectivity index (χ3v) is 2.78. The first-order valence-electron chi connectivity index (χ1n) is 3.88. The summed E-state index contributed by atoms with van der Waals surface area (Å²) in [7, 11) is 0. The highest BCUT2D eigenvalue weighted by Crippen LogP contribution is 2.43. The smallest absolute Gasteiger partial charge is 0.136 e. The van der Waals surface area contributed by atoms with E-state index in [1.54, 1.807) is 0 Å². The molecule has 0 aromatic heterocycles. The predicted molar refractivity (Wildman–Crippen MR) is 38.8 cm³/mol. The first kappa shape index (κ1) is 6.68. The second-order valence-electron chi connectivity index (χ2n) is 3.37. The zero-order valence-corrected chi connectivity index (χ0v) is 6.10. The number of fused-ring (bicyclic) bond motifs is 2. The number of ketones is 1. The van der Waals surface area contributed by atoms with Crippen molar-refractivity contribution in [2.45, 2.75) is 25.3 Å². The number of hydrogen-bond acceptors (Lipinski definition) is 2. The molecule has 0 radical (unpaired) electrons. The third-order valence-electron chi connectivity index (χ3n) is 2.78. The van der Waals surface area contributed by atoms with Gasteiger partial charge in [-0.3, -0.25) is 4.79 Å². The molecule has 2 rings (SSSR count). The van der Waals surface area contributed by atoms with Crippen molar-refractivity contribution in [3.63, 3.8) is 0 Å². The molecule has 2 aliphatic rings. The van der Waals surface area contributed by atoms with Gasteiger partial charge in [-0.1, -0.05) is 5.11 Å². The Morgan fingerprint density at radius 1 is 1.55 bits per heavy atom. The third kappa shape index (κ3) is 0.906. The Morgan fingerprint density at radius 2 is 2.36 bits per heavy atom. The van der Waals surface area contributed by atoms with Crippen LogP contribution in [0.3, 0.4) is 0 Å². The van der Waals surface area contributed by atoms with Crippen LogP contribution in [-0.4, -0.2) is 11.8 Å². The summed E-state index contributed by atoms with van der Waals surface area (Å²) in [5.74, 6) is 0.957. The largest absolute Gasteiger partial charge is 0.299 e. The highest BCUT2D eigenvalue weighted by Gasteiger charge is 2.44. The zero-order chi connectivity index (χ0) is 7.84. The Balaban J connectivity index is 2.13. The van der Waals surface area contributed by atoms with Gasteiger partial charge in [-0.2, -0.15) is 0 Å². The maximum absolute atomic E-state index is 11.1. The van der Waals surface area contributed by atoms with Crippen molar-refractivity contribution in [1.29, 1.82) is 0 Å². The van der Waals surface area contributed by atoms with Gasteiger partial charge in [0.25, 0.3) is 0 Å². The van der Waals surface area contributed by atoms with E-state index in [0.29, 0.717) is 18.1 Å². The minimum atomic E-state index is 0.114. The van der Waals surface area contributed by atoms with Gasteiger partial charge in [0.05, 0.1) is 0 Å². The fraction of sp³-hybridized carbons (Fsp3) is 0.857. The molecule has 0 unspecified atom stereocenters. The standard InChI is InChI=1S/C7H9N3O/c8-10-9-6-2-5-1-4(6)3-7(5)11/h4-6H,1-3H2/t4-,5-,6+/m1/s1. The summed E-state index contributed by atoms with van der Waals surface area (Å²) in [6, 6.07) is 0.114. The number of nitrogens with zero attached hydrogens (tertiary/aromatic N) is 3. The molecule has 0 N–H and O–H groups in total. The fourth-order valence-electron chi connectivity index (χ4n) is 2.22. The summed E-state index contributed by atoms with van der Waals surface area (Å²) in [5.41, 5.74) is 8.19. The summed E-state index contributed by atoms with van der Waals surface area (Å²) >= 11 is 0. The minimum Gasteiger partial charge on any atom is -0.299 e. The van der Waals surface area contributed by atoms with Crippen LogP contribution in [0.2, 0.25) is 0 Å². The van der Waals surface area contributed by atoms with Crippen LogP contribution < -0.4 is 0 Å². The molecule has 0 aromatic carbocycles. The molecular weight excluding hydrogens is 142 g/mol. The average Bonchev–Trinajstić information content (AvgIpc) is 2.47. The van der Waals surface area contributed by atoms with E-state index in [9.17, 15) is 4.79 Å². The summed E-state index contributed by atoms with van der Waals surface area (Å²) in [4.78, 5) is 13.8. The molecule has 58 valence electrons. The normalized spacial score (nSPS) is 40.7. The van der Waals surface area contributed by atoms with E-state index in [-0.39, 0.29) is 12.0 Å². The quantitative estimate of drug-likeness (QED) is 0.319. The number of rotatable bonds is 1. The Bertz CT molecular complexity index is 244. The highest BCUT2D eigenvalue weighted by atomic mass is 16.1. The first-order valence-corrected chi connectivity index (χ1v) is 3.88. The van der Waals surface area contributed by atoms with Crippen LogP contribution in [0.1, 0.15) is 19.3 Å². The molecule has 4 heteroatoms. The van der Waals surface area contributed by atoms with Crippen molar-refractivity contribution >= 4 is 5.78 Å². The monoisotopic (exact) mass is 151 g/mol. The van der Waals surface area contributed by atoms with E-state index in [1.165, 1.54) is 0 Å². The molecule has 2 saturated carbocycles. The van der Waals surface area contributed by atoms with Crippen molar-refractivity contribution < 1.29 is 4.79 Å². The molecule has 2 bridgehead atoms. The molecule has 4 nitrogen and oxygen atoms in total. The van der Waals surface area contributed by atoms with Crippen LogP contribution in [-0.2, 0) is 4.79 Å². The Hall–Kier alpha value is -1.02. The molecule has 3 atom stereocenters. The van der Waals surface area contributed by atoms with Crippen molar-refractivity contribution in [2.75, 3.05) is 0 Å². The van der Waals surface area contributed by atoms with Crippen LogP contribution in [0.4, 0.5) is 0 Å². The summed E-state index contributed by atoms with van der Waals surface area (Å²) in [5, 5.41) is 3.67. The van der Waals surface area contributed by atoms with Crippen LogP contribution >= 0.6 is 0 Å². The van der Waals surface area contributed by atoms with Gasteiger partial charge in [-0.05, 0) is 24.3 Å². The molecule has 0 aliphatic heterocycles. The van der Waals surface area contributed by atoms with E-state index >= 15 is 0 Å². The second-order valence-corrected chi connectivity index (χ2v) is 3.37. The number of Topliss-reactive ketones (excluding diaryl/α,β-unsaturated/α-hetero) is 1. The Labute approximate surface area is 64.2 Å². The van der Waals surface area contributed by atoms with Crippen LogP contribution in [0.25, 0.3) is 10.4 Å². The van der Waals surface area contributed by atoms with Crippen LogP contribution in [0.15, 0.2) is 5.11 Å². The molecule has 0 amide bonds. The van der Waals surface area contributed by atoms with Gasteiger partial charge < -0.3 is 0 Å². The molecule has 0 spiro atoms. The first-order chi connectivity index (χ1) is 5.31. The van der Waals surface area contributed by atoms with Crippen molar-refractivity contribution in [3.8, 4) is 0 Å².